The van der Waals surface area contributed by atoms with Crippen molar-refractivity contribution in [3.63, 3.8) is 0 Å². The second-order valence-electron chi connectivity index (χ2n) is 10.7. The lowest BCUT2D eigenvalue weighted by Crippen LogP contribution is -2.24. The van der Waals surface area contributed by atoms with Crippen molar-refractivity contribution in [1.82, 2.24) is 19.8 Å². The van der Waals surface area contributed by atoms with E-state index in [0.29, 0.717) is 51.3 Å². The molecule has 0 amide bonds. The van der Waals surface area contributed by atoms with Crippen molar-refractivity contribution >= 4 is 40.6 Å². The molecule has 1 aliphatic heterocycles. The van der Waals surface area contributed by atoms with Crippen LogP contribution in [0.5, 0.6) is 0 Å². The molecule has 0 N–H and O–H groups in total. The minimum atomic E-state index is -0.471. The smallest absolute Gasteiger partial charge is 0.358 e. The highest BCUT2D eigenvalue weighted by atomic mass is 35.5. The Morgan fingerprint density at radius 3 is 2.56 bits per heavy atom. The fourth-order valence-electron chi connectivity index (χ4n) is 6.07. The molecule has 2 saturated carbocycles. The van der Waals surface area contributed by atoms with E-state index in [1.165, 1.54) is 7.11 Å². The zero-order valence-corrected chi connectivity index (χ0v) is 22.9. The van der Waals surface area contributed by atoms with E-state index in [1.54, 1.807) is 10.6 Å². The summed E-state index contributed by atoms with van der Waals surface area (Å²) in [5, 5.41) is 9.73. The van der Waals surface area contributed by atoms with E-state index in [-0.39, 0.29) is 11.8 Å². The summed E-state index contributed by atoms with van der Waals surface area (Å²) in [6.07, 6.45) is 6.20. The van der Waals surface area contributed by atoms with Gasteiger partial charge in [-0.3, -0.25) is 0 Å². The Bertz CT molecular complexity index is 1530. The first kappa shape index (κ1) is 24.9. The molecule has 3 aliphatic rings. The number of carbonyl (C=O) groups is 1. The molecule has 3 aromatic heterocycles. The number of rotatable bonds is 7. The van der Waals surface area contributed by atoms with E-state index in [9.17, 15) is 4.79 Å². The number of halogens is 2. The molecule has 0 bridgehead atoms. The minimum absolute atomic E-state index is 0.173. The third-order valence-corrected chi connectivity index (χ3v) is 8.80. The number of ether oxygens (including phenoxy) is 2. The number of fused-ring (bicyclic) bond motifs is 2. The van der Waals surface area contributed by atoms with Gasteiger partial charge in [-0.15, -0.1) is 0 Å². The van der Waals surface area contributed by atoms with Crippen molar-refractivity contribution < 1.29 is 18.8 Å². The highest BCUT2D eigenvalue weighted by Crippen LogP contribution is 2.47. The second kappa shape index (κ2) is 9.80. The fourth-order valence-corrected chi connectivity index (χ4v) is 6.64. The quantitative estimate of drug-likeness (QED) is 0.259. The molecule has 0 radical (unpaired) electrons. The highest BCUT2D eigenvalue weighted by molar-refractivity contribution is 6.39. The number of esters is 1. The molecule has 202 valence electrons. The largest absolute Gasteiger partial charge is 0.464 e. The number of hydrogen-bond donors (Lipinski definition) is 0. The normalized spacial score (nSPS) is 22.5. The summed E-state index contributed by atoms with van der Waals surface area (Å²) in [7, 11) is 1.34. The summed E-state index contributed by atoms with van der Waals surface area (Å²) >= 11 is 13.0. The highest BCUT2D eigenvalue weighted by Gasteiger charge is 2.42. The lowest BCUT2D eigenvalue weighted by Gasteiger charge is -2.20. The van der Waals surface area contributed by atoms with Crippen LogP contribution < -0.4 is 4.90 Å². The Morgan fingerprint density at radius 1 is 1.13 bits per heavy atom. The van der Waals surface area contributed by atoms with E-state index >= 15 is 0 Å². The van der Waals surface area contributed by atoms with Crippen LogP contribution in [0.25, 0.3) is 16.9 Å². The van der Waals surface area contributed by atoms with Crippen LogP contribution in [0.2, 0.25) is 10.0 Å². The van der Waals surface area contributed by atoms with Crippen LogP contribution in [0.15, 0.2) is 41.1 Å². The summed E-state index contributed by atoms with van der Waals surface area (Å²) in [5.74, 6) is 2.79. The molecule has 9 nitrogen and oxygen atoms in total. The number of nitrogens with zero attached hydrogens (tertiary/aromatic N) is 5. The van der Waals surface area contributed by atoms with Gasteiger partial charge in [0.15, 0.2) is 11.3 Å². The standard InChI is InChI=1S/C28H27Cl2N5O4/c1-37-28(36)22-11-24-31-23(7-8-35(24)32-22)34-12-16-9-18(10-17(16)13-34)38-14-19-26(33-39-27(19)15-5-6-15)25-20(29)3-2-4-21(25)30/h2-4,7-8,11,15-18H,5-6,9-10,12-14H2,1H3/t16-,17?,18+/m0/s1. The van der Waals surface area contributed by atoms with Gasteiger partial charge in [-0.25, -0.2) is 14.3 Å². The third-order valence-electron chi connectivity index (χ3n) is 8.17. The Balaban J connectivity index is 1.03. The monoisotopic (exact) mass is 567 g/mol. The van der Waals surface area contributed by atoms with Crippen molar-refractivity contribution in [2.75, 3.05) is 25.1 Å². The van der Waals surface area contributed by atoms with Gasteiger partial charge in [-0.2, -0.15) is 5.10 Å². The molecule has 1 saturated heterocycles. The van der Waals surface area contributed by atoms with Crippen LogP contribution in [0.3, 0.4) is 0 Å². The zero-order valence-electron chi connectivity index (χ0n) is 21.3. The van der Waals surface area contributed by atoms with Gasteiger partial charge in [0, 0.05) is 42.4 Å². The van der Waals surface area contributed by atoms with Gasteiger partial charge in [0.2, 0.25) is 0 Å². The number of aromatic nitrogens is 4. The number of benzene rings is 1. The molecule has 3 atom stereocenters. The lowest BCUT2D eigenvalue weighted by atomic mass is 10.0. The van der Waals surface area contributed by atoms with E-state index < -0.39 is 5.97 Å². The summed E-state index contributed by atoms with van der Waals surface area (Å²) in [6, 6.07) is 9.07. The van der Waals surface area contributed by atoms with Gasteiger partial charge in [-0.05, 0) is 55.7 Å². The molecule has 0 spiro atoms. The van der Waals surface area contributed by atoms with Crippen LogP contribution in [0.1, 0.15) is 53.4 Å². The average Bonchev–Trinajstić information content (AvgIpc) is 3.24. The first-order valence-electron chi connectivity index (χ1n) is 13.2. The van der Waals surface area contributed by atoms with Crippen LogP contribution in [-0.2, 0) is 16.1 Å². The summed E-state index contributed by atoms with van der Waals surface area (Å²) in [6.45, 7) is 2.28. The van der Waals surface area contributed by atoms with Gasteiger partial charge in [0.05, 0.1) is 29.9 Å². The van der Waals surface area contributed by atoms with Crippen molar-refractivity contribution in [3.8, 4) is 11.3 Å². The van der Waals surface area contributed by atoms with Crippen LogP contribution in [0, 0.1) is 11.8 Å². The first-order valence-corrected chi connectivity index (χ1v) is 14.0. The van der Waals surface area contributed by atoms with E-state index in [1.807, 2.05) is 30.5 Å². The molecule has 3 fully saturated rings. The molecule has 11 heteroatoms. The minimum Gasteiger partial charge on any atom is -0.464 e. The zero-order chi connectivity index (χ0) is 26.7. The van der Waals surface area contributed by atoms with Crippen LogP contribution in [0.4, 0.5) is 5.82 Å². The van der Waals surface area contributed by atoms with Gasteiger partial charge in [0.1, 0.15) is 17.3 Å². The summed E-state index contributed by atoms with van der Waals surface area (Å²) < 4.78 is 18.7. The Hall–Kier alpha value is -3.14. The van der Waals surface area contributed by atoms with Crippen molar-refractivity contribution in [1.29, 1.82) is 0 Å². The van der Waals surface area contributed by atoms with Gasteiger partial charge in [-0.1, -0.05) is 34.4 Å². The summed E-state index contributed by atoms with van der Waals surface area (Å²) in [5.41, 5.74) is 3.23. The number of carbonyl (C=O) groups excluding carboxylic acids is 1. The molecule has 2 aliphatic carbocycles. The third kappa shape index (κ3) is 4.56. The maximum Gasteiger partial charge on any atom is 0.358 e. The molecule has 39 heavy (non-hydrogen) atoms. The van der Waals surface area contributed by atoms with Crippen molar-refractivity contribution in [2.24, 2.45) is 11.8 Å². The molecular formula is C28H27Cl2N5O4. The van der Waals surface area contributed by atoms with E-state index in [0.717, 1.165) is 55.9 Å². The van der Waals surface area contributed by atoms with Gasteiger partial charge >= 0.3 is 5.97 Å². The van der Waals surface area contributed by atoms with Gasteiger partial charge in [0.25, 0.3) is 0 Å². The first-order chi connectivity index (χ1) is 19.0. The van der Waals surface area contributed by atoms with Crippen LogP contribution in [-0.4, -0.2) is 52.0 Å². The Labute approximate surface area is 235 Å². The van der Waals surface area contributed by atoms with Gasteiger partial charge < -0.3 is 18.9 Å². The molecule has 1 aromatic carbocycles. The lowest BCUT2D eigenvalue weighted by molar-refractivity contribution is 0.0402. The molecule has 4 heterocycles. The predicted octanol–water partition coefficient (Wildman–Crippen LogP) is 5.79. The molecule has 4 aromatic rings. The number of methoxy groups -OCH3 is 1. The maximum absolute atomic E-state index is 11.8. The Morgan fingerprint density at radius 2 is 1.87 bits per heavy atom. The molecule has 7 rings (SSSR count). The molecular weight excluding hydrogens is 541 g/mol. The van der Waals surface area contributed by atoms with E-state index in [2.05, 4.69) is 15.2 Å². The maximum atomic E-state index is 11.8. The second-order valence-corrected chi connectivity index (χ2v) is 11.5. The predicted molar refractivity (Wildman–Crippen MR) is 145 cm³/mol. The average molecular weight is 568 g/mol. The van der Waals surface area contributed by atoms with Crippen molar-refractivity contribution in [3.05, 3.63) is 63.6 Å². The summed E-state index contributed by atoms with van der Waals surface area (Å²) in [4.78, 5) is 18.9. The Kier molecular flexibility index (Phi) is 6.25. The van der Waals surface area contributed by atoms with Crippen molar-refractivity contribution in [2.45, 2.75) is 44.3 Å². The van der Waals surface area contributed by atoms with Crippen LogP contribution >= 0.6 is 23.2 Å². The number of anilines is 1. The fraction of sp³-hybridized carbons (Fsp3) is 0.429. The van der Waals surface area contributed by atoms with E-state index in [4.69, 9.17) is 42.2 Å². The topological polar surface area (TPSA) is 95.0 Å². The number of hydrogen-bond acceptors (Lipinski definition) is 8. The molecule has 1 unspecified atom stereocenters. The SMILES string of the molecule is COC(=O)c1cc2nc(N3CC4C[C@H](OCc5c(-c6c(Cl)cccc6Cl)noc5C5CC5)C[C@H]4C3)ccn2n1.